The van der Waals surface area contributed by atoms with Crippen molar-refractivity contribution in [3.8, 4) is 5.75 Å². The van der Waals surface area contributed by atoms with Crippen molar-refractivity contribution in [2.75, 3.05) is 0 Å². The van der Waals surface area contributed by atoms with Gasteiger partial charge < -0.3 is 4.74 Å². The normalized spacial score (nSPS) is 13.0. The molecular formula is C26H17N3O5. The number of benzene rings is 4. The van der Waals surface area contributed by atoms with Gasteiger partial charge in [0.15, 0.2) is 0 Å². The fraction of sp³-hybridized carbons (Fsp3) is 0.0385. The van der Waals surface area contributed by atoms with Crippen molar-refractivity contribution >= 4 is 34.5 Å². The molecule has 0 saturated heterocycles. The molecule has 0 unspecified atom stereocenters. The Bertz CT molecular complexity index is 1440. The number of nitrogens with zero attached hydrogens (tertiary/aromatic N) is 3. The third kappa shape index (κ3) is 3.77. The van der Waals surface area contributed by atoms with Crippen LogP contribution < -0.4 is 4.74 Å². The topological polar surface area (TPSA) is 102 Å². The number of nitro benzene ring substituents is 1. The van der Waals surface area contributed by atoms with E-state index in [9.17, 15) is 19.7 Å². The van der Waals surface area contributed by atoms with Crippen LogP contribution >= 0.6 is 0 Å². The lowest BCUT2D eigenvalue weighted by molar-refractivity contribution is -0.383. The van der Waals surface area contributed by atoms with Gasteiger partial charge in [0.05, 0.1) is 27.7 Å². The zero-order valence-electron chi connectivity index (χ0n) is 17.8. The summed E-state index contributed by atoms with van der Waals surface area (Å²) < 4.78 is 5.76. The second-order valence-corrected chi connectivity index (χ2v) is 7.63. The highest BCUT2D eigenvalue weighted by molar-refractivity contribution is 6.26. The summed E-state index contributed by atoms with van der Waals surface area (Å²) in [5.74, 6) is -0.598. The highest BCUT2D eigenvalue weighted by Crippen LogP contribution is 2.35. The van der Waals surface area contributed by atoms with E-state index < -0.39 is 16.7 Å². The summed E-state index contributed by atoms with van der Waals surface area (Å²) in [7, 11) is 0. The van der Waals surface area contributed by atoms with Gasteiger partial charge in [0.1, 0.15) is 12.4 Å². The van der Waals surface area contributed by atoms with Crippen LogP contribution in [0.25, 0.3) is 10.8 Å². The van der Waals surface area contributed by atoms with E-state index in [1.165, 1.54) is 30.5 Å². The van der Waals surface area contributed by atoms with Crippen molar-refractivity contribution in [2.24, 2.45) is 5.10 Å². The molecule has 1 heterocycles. The van der Waals surface area contributed by atoms with Crippen LogP contribution in [0.5, 0.6) is 5.75 Å². The van der Waals surface area contributed by atoms with E-state index in [1.807, 2.05) is 30.3 Å². The van der Waals surface area contributed by atoms with Crippen molar-refractivity contribution in [1.29, 1.82) is 0 Å². The first-order valence-corrected chi connectivity index (χ1v) is 10.4. The quantitative estimate of drug-likeness (QED) is 0.178. The first-order valence-electron chi connectivity index (χ1n) is 10.4. The minimum atomic E-state index is -0.636. The van der Waals surface area contributed by atoms with Crippen LogP contribution in [0.15, 0.2) is 90.0 Å². The number of imide groups is 1. The highest BCUT2D eigenvalue weighted by atomic mass is 16.6. The summed E-state index contributed by atoms with van der Waals surface area (Å²) in [4.78, 5) is 36.8. The lowest BCUT2D eigenvalue weighted by Gasteiger charge is -2.22. The van der Waals surface area contributed by atoms with Crippen LogP contribution in [0.4, 0.5) is 5.69 Å². The molecule has 5 rings (SSSR count). The van der Waals surface area contributed by atoms with Crippen LogP contribution in [-0.2, 0) is 6.61 Å². The van der Waals surface area contributed by atoms with Crippen LogP contribution in [0, 0.1) is 10.1 Å². The Morgan fingerprint density at radius 3 is 2.26 bits per heavy atom. The summed E-state index contributed by atoms with van der Waals surface area (Å²) in [5, 5.41) is 16.8. The van der Waals surface area contributed by atoms with Gasteiger partial charge in [-0.25, -0.2) is 0 Å². The Morgan fingerprint density at radius 1 is 0.853 bits per heavy atom. The monoisotopic (exact) mass is 451 g/mol. The number of rotatable bonds is 6. The molecule has 0 spiro atoms. The third-order valence-electron chi connectivity index (χ3n) is 5.51. The van der Waals surface area contributed by atoms with Gasteiger partial charge in [-0.2, -0.15) is 10.1 Å². The van der Waals surface area contributed by atoms with Gasteiger partial charge in [0.2, 0.25) is 0 Å². The maximum Gasteiger partial charge on any atom is 0.282 e. The van der Waals surface area contributed by atoms with Crippen LogP contribution in [0.1, 0.15) is 31.8 Å². The molecular weight excluding hydrogens is 434 g/mol. The van der Waals surface area contributed by atoms with E-state index in [0.29, 0.717) is 17.9 Å². The molecule has 0 bridgehead atoms. The van der Waals surface area contributed by atoms with Crippen LogP contribution in [0.3, 0.4) is 0 Å². The molecule has 0 N–H and O–H groups in total. The number of hydrazone groups is 1. The number of carbonyl (C=O) groups is 2. The Morgan fingerprint density at radius 2 is 1.56 bits per heavy atom. The zero-order valence-corrected chi connectivity index (χ0v) is 17.8. The fourth-order valence-corrected chi connectivity index (χ4v) is 3.85. The van der Waals surface area contributed by atoms with Crippen molar-refractivity contribution < 1.29 is 19.2 Å². The van der Waals surface area contributed by atoms with Crippen molar-refractivity contribution in [3.05, 3.63) is 117 Å². The van der Waals surface area contributed by atoms with Gasteiger partial charge in [-0.1, -0.05) is 36.4 Å². The minimum absolute atomic E-state index is 0.160. The van der Waals surface area contributed by atoms with Gasteiger partial charge in [-0.15, -0.1) is 0 Å². The van der Waals surface area contributed by atoms with Gasteiger partial charge in [-0.3, -0.25) is 19.7 Å². The molecule has 34 heavy (non-hydrogen) atoms. The molecule has 4 aromatic carbocycles. The van der Waals surface area contributed by atoms with E-state index >= 15 is 0 Å². The number of hydrogen-bond acceptors (Lipinski definition) is 6. The number of amides is 2. The predicted octanol–water partition coefficient (Wildman–Crippen LogP) is 4.96. The number of ether oxygens (including phenoxy) is 1. The minimum Gasteiger partial charge on any atom is -0.489 e. The van der Waals surface area contributed by atoms with Crippen LogP contribution in [0.2, 0.25) is 0 Å². The maximum absolute atomic E-state index is 13.0. The van der Waals surface area contributed by atoms with E-state index in [-0.39, 0.29) is 27.6 Å². The number of carbonyl (C=O) groups excluding carboxylic acids is 2. The number of nitro groups is 1. The smallest absolute Gasteiger partial charge is 0.282 e. The Labute approximate surface area is 193 Å². The van der Waals surface area contributed by atoms with Crippen molar-refractivity contribution in [3.63, 3.8) is 0 Å². The van der Waals surface area contributed by atoms with E-state index in [2.05, 4.69) is 5.10 Å². The SMILES string of the molecule is O=C1c2cccc3c([N+](=O)[O-])ccc(c23)C(=O)N1N=Cc1ccc(OCc2ccccc2)cc1. The zero-order chi connectivity index (χ0) is 23.7. The first-order chi connectivity index (χ1) is 16.5. The molecule has 0 saturated carbocycles. The third-order valence-corrected chi connectivity index (χ3v) is 5.51. The molecule has 4 aromatic rings. The lowest BCUT2D eigenvalue weighted by atomic mass is 9.94. The molecule has 8 nitrogen and oxygen atoms in total. The largest absolute Gasteiger partial charge is 0.489 e. The molecule has 1 aliphatic heterocycles. The predicted molar refractivity (Wildman–Crippen MR) is 126 cm³/mol. The molecule has 0 atom stereocenters. The Hall–Kier alpha value is -4.85. The Kier molecular flexibility index (Phi) is 5.31. The van der Waals surface area contributed by atoms with Crippen molar-refractivity contribution in [2.45, 2.75) is 6.61 Å². The fourth-order valence-electron chi connectivity index (χ4n) is 3.85. The lowest BCUT2D eigenvalue weighted by Crippen LogP contribution is -2.36. The van der Waals surface area contributed by atoms with Crippen molar-refractivity contribution in [1.82, 2.24) is 5.01 Å². The molecule has 2 amide bonds. The molecule has 0 aromatic heterocycles. The summed E-state index contributed by atoms with van der Waals surface area (Å²) in [6.07, 6.45) is 1.41. The van der Waals surface area contributed by atoms with Gasteiger partial charge >= 0.3 is 0 Å². The number of hydrogen-bond donors (Lipinski definition) is 0. The summed E-state index contributed by atoms with van der Waals surface area (Å²) in [6, 6.07) is 24.1. The van der Waals surface area contributed by atoms with Gasteiger partial charge in [-0.05, 0) is 53.6 Å². The molecule has 0 fully saturated rings. The van der Waals surface area contributed by atoms with Gasteiger partial charge in [0, 0.05) is 11.5 Å². The van der Waals surface area contributed by atoms with E-state index in [1.54, 1.807) is 30.3 Å². The summed E-state index contributed by atoms with van der Waals surface area (Å²) in [5.41, 5.74) is 1.94. The second kappa shape index (κ2) is 8.59. The number of non-ortho nitro benzene ring substituents is 1. The molecule has 0 aliphatic carbocycles. The molecule has 1 aliphatic rings. The summed E-state index contributed by atoms with van der Waals surface area (Å²) >= 11 is 0. The molecule has 8 heteroatoms. The average Bonchev–Trinajstić information content (AvgIpc) is 2.86. The second-order valence-electron chi connectivity index (χ2n) is 7.63. The highest BCUT2D eigenvalue weighted by Gasteiger charge is 2.34. The van der Waals surface area contributed by atoms with Crippen LogP contribution in [-0.4, -0.2) is 28.0 Å². The first kappa shape index (κ1) is 21.0. The van der Waals surface area contributed by atoms with Gasteiger partial charge in [0.25, 0.3) is 17.5 Å². The van der Waals surface area contributed by atoms with E-state index in [4.69, 9.17) is 4.74 Å². The average molecular weight is 451 g/mol. The Balaban J connectivity index is 1.37. The standard InChI is InChI=1S/C26H17N3O5/c30-25-21-8-4-7-20-23(29(32)33)14-13-22(24(20)21)26(31)28(25)27-15-17-9-11-19(12-10-17)34-16-18-5-2-1-3-6-18/h1-15H,16H2. The molecule has 166 valence electrons. The molecule has 0 radical (unpaired) electrons. The van der Waals surface area contributed by atoms with E-state index in [0.717, 1.165) is 10.6 Å². The summed E-state index contributed by atoms with van der Waals surface area (Å²) in [6.45, 7) is 0.439. The maximum atomic E-state index is 13.0.